The number of pyridine rings is 2. The molecule has 1 fully saturated rings. The minimum Gasteiger partial charge on any atom is -0.357 e. The van der Waals surface area contributed by atoms with Crippen LogP contribution in [0.2, 0.25) is 0 Å². The highest BCUT2D eigenvalue weighted by atomic mass is 15.2. The highest BCUT2D eigenvalue weighted by Gasteiger charge is 2.22. The van der Waals surface area contributed by atoms with E-state index >= 15 is 0 Å². The Hall–Kier alpha value is -1.90. The number of piperidine rings is 1. The number of aromatic nitrogens is 2. The van der Waals surface area contributed by atoms with Crippen LogP contribution in [0.1, 0.15) is 30.1 Å². The van der Waals surface area contributed by atoms with Crippen LogP contribution in [0.4, 0.5) is 5.82 Å². The molecule has 0 aromatic carbocycles. The van der Waals surface area contributed by atoms with Gasteiger partial charge in [-0.15, -0.1) is 0 Å². The second kappa shape index (κ2) is 5.39. The van der Waals surface area contributed by atoms with Crippen LogP contribution >= 0.6 is 0 Å². The molecule has 1 aliphatic heterocycles. The van der Waals surface area contributed by atoms with Gasteiger partial charge >= 0.3 is 0 Å². The topological polar surface area (TPSA) is 29.0 Å². The quantitative estimate of drug-likeness (QED) is 0.823. The zero-order valence-corrected chi connectivity index (χ0v) is 11.3. The van der Waals surface area contributed by atoms with Gasteiger partial charge in [-0.1, -0.05) is 12.1 Å². The Morgan fingerprint density at radius 2 is 1.89 bits per heavy atom. The van der Waals surface area contributed by atoms with Crippen LogP contribution in [0.15, 0.2) is 42.6 Å². The Bertz CT molecular complexity index is 531. The molecular formula is C16H19N3. The predicted molar refractivity (Wildman–Crippen MR) is 77.4 cm³/mol. The molecule has 0 spiro atoms. The maximum atomic E-state index is 4.66. The Morgan fingerprint density at radius 1 is 1.05 bits per heavy atom. The first kappa shape index (κ1) is 12.2. The zero-order chi connectivity index (χ0) is 13.1. The molecule has 0 amide bonds. The summed E-state index contributed by atoms with van der Waals surface area (Å²) in [5, 5.41) is 0. The Morgan fingerprint density at radius 3 is 2.58 bits per heavy atom. The van der Waals surface area contributed by atoms with E-state index in [1.54, 1.807) is 0 Å². The van der Waals surface area contributed by atoms with E-state index in [4.69, 9.17) is 0 Å². The van der Waals surface area contributed by atoms with Gasteiger partial charge in [0.2, 0.25) is 0 Å². The maximum absolute atomic E-state index is 4.66. The van der Waals surface area contributed by atoms with Crippen molar-refractivity contribution in [2.45, 2.75) is 25.7 Å². The third-order valence-electron chi connectivity index (χ3n) is 3.80. The Labute approximate surface area is 114 Å². The summed E-state index contributed by atoms with van der Waals surface area (Å²) in [4.78, 5) is 11.5. The third-order valence-corrected chi connectivity index (χ3v) is 3.80. The largest absolute Gasteiger partial charge is 0.357 e. The number of anilines is 1. The van der Waals surface area contributed by atoms with Crippen LogP contribution in [0.25, 0.3) is 0 Å². The first-order valence-electron chi connectivity index (χ1n) is 6.92. The summed E-state index contributed by atoms with van der Waals surface area (Å²) in [5.41, 5.74) is 2.37. The average Bonchev–Trinajstić information content (AvgIpc) is 2.48. The van der Waals surface area contributed by atoms with E-state index in [-0.39, 0.29) is 0 Å². The molecule has 2 aromatic rings. The van der Waals surface area contributed by atoms with Crippen molar-refractivity contribution in [1.29, 1.82) is 0 Å². The lowest BCUT2D eigenvalue weighted by molar-refractivity contribution is 0.493. The molecular weight excluding hydrogens is 234 g/mol. The normalized spacial score (nSPS) is 16.6. The standard InChI is InChI=1S/C16H19N3/c1-13-5-4-6-15(18-13)14-8-11-19(12-9-14)16-7-2-3-10-17-16/h2-7,10,14H,8-9,11-12H2,1H3. The van der Waals surface area contributed by atoms with Crippen LogP contribution in [-0.2, 0) is 0 Å². The first-order chi connectivity index (χ1) is 9.33. The lowest BCUT2D eigenvalue weighted by Crippen LogP contribution is -2.33. The summed E-state index contributed by atoms with van der Waals surface area (Å²) in [5.74, 6) is 1.69. The maximum Gasteiger partial charge on any atom is 0.128 e. The van der Waals surface area contributed by atoms with Crippen LogP contribution < -0.4 is 4.90 Å². The van der Waals surface area contributed by atoms with Gasteiger partial charge in [-0.2, -0.15) is 0 Å². The van der Waals surface area contributed by atoms with Crippen molar-refractivity contribution in [3.05, 3.63) is 54.0 Å². The van der Waals surface area contributed by atoms with Crippen molar-refractivity contribution in [2.75, 3.05) is 18.0 Å². The molecule has 3 heterocycles. The van der Waals surface area contributed by atoms with Gasteiger partial charge in [-0.3, -0.25) is 4.98 Å². The molecule has 0 atom stereocenters. The van der Waals surface area contributed by atoms with Crippen molar-refractivity contribution in [2.24, 2.45) is 0 Å². The molecule has 1 saturated heterocycles. The number of hydrogen-bond acceptors (Lipinski definition) is 3. The molecule has 0 bridgehead atoms. The molecule has 0 radical (unpaired) electrons. The van der Waals surface area contributed by atoms with Gasteiger partial charge < -0.3 is 4.90 Å². The van der Waals surface area contributed by atoms with Gasteiger partial charge in [0.05, 0.1) is 0 Å². The second-order valence-corrected chi connectivity index (χ2v) is 5.15. The Kier molecular flexibility index (Phi) is 3.45. The smallest absolute Gasteiger partial charge is 0.128 e. The summed E-state index contributed by atoms with van der Waals surface area (Å²) in [7, 11) is 0. The molecule has 0 unspecified atom stereocenters. The second-order valence-electron chi connectivity index (χ2n) is 5.15. The molecule has 3 heteroatoms. The summed E-state index contributed by atoms with van der Waals surface area (Å²) >= 11 is 0. The monoisotopic (exact) mass is 253 g/mol. The van der Waals surface area contributed by atoms with Crippen LogP contribution in [-0.4, -0.2) is 23.1 Å². The first-order valence-corrected chi connectivity index (χ1v) is 6.92. The molecule has 1 aliphatic rings. The van der Waals surface area contributed by atoms with Gasteiger partial charge in [0.15, 0.2) is 0 Å². The van der Waals surface area contributed by atoms with Crippen molar-refractivity contribution in [3.8, 4) is 0 Å². The van der Waals surface area contributed by atoms with E-state index in [2.05, 4.69) is 52.1 Å². The summed E-state index contributed by atoms with van der Waals surface area (Å²) in [6.07, 6.45) is 4.18. The van der Waals surface area contributed by atoms with E-state index in [1.807, 2.05) is 12.3 Å². The number of aryl methyl sites for hydroxylation is 1. The van der Waals surface area contributed by atoms with Crippen LogP contribution in [0.3, 0.4) is 0 Å². The fourth-order valence-corrected chi connectivity index (χ4v) is 2.74. The van der Waals surface area contributed by atoms with Crippen molar-refractivity contribution >= 4 is 5.82 Å². The molecule has 2 aromatic heterocycles. The van der Waals surface area contributed by atoms with Crippen LogP contribution in [0.5, 0.6) is 0 Å². The lowest BCUT2D eigenvalue weighted by atomic mass is 9.93. The van der Waals surface area contributed by atoms with Gasteiger partial charge in [0, 0.05) is 36.6 Å². The fourth-order valence-electron chi connectivity index (χ4n) is 2.74. The predicted octanol–water partition coefficient (Wildman–Crippen LogP) is 3.17. The lowest BCUT2D eigenvalue weighted by Gasteiger charge is -2.32. The molecule has 19 heavy (non-hydrogen) atoms. The fraction of sp³-hybridized carbons (Fsp3) is 0.375. The minimum absolute atomic E-state index is 0.597. The van der Waals surface area contributed by atoms with Crippen molar-refractivity contribution in [3.63, 3.8) is 0 Å². The van der Waals surface area contributed by atoms with Crippen molar-refractivity contribution < 1.29 is 0 Å². The number of hydrogen-bond donors (Lipinski definition) is 0. The van der Waals surface area contributed by atoms with E-state index < -0.39 is 0 Å². The van der Waals surface area contributed by atoms with Gasteiger partial charge in [0.25, 0.3) is 0 Å². The van der Waals surface area contributed by atoms with E-state index in [1.165, 1.54) is 5.69 Å². The molecule has 3 nitrogen and oxygen atoms in total. The van der Waals surface area contributed by atoms with Gasteiger partial charge in [-0.05, 0) is 44.0 Å². The third kappa shape index (κ3) is 2.75. The molecule has 0 saturated carbocycles. The average molecular weight is 253 g/mol. The summed E-state index contributed by atoms with van der Waals surface area (Å²) in [6.45, 7) is 4.20. The number of rotatable bonds is 2. The van der Waals surface area contributed by atoms with E-state index in [0.29, 0.717) is 5.92 Å². The molecule has 3 rings (SSSR count). The summed E-state index contributed by atoms with van der Waals surface area (Å²) < 4.78 is 0. The highest BCUT2D eigenvalue weighted by molar-refractivity contribution is 5.38. The molecule has 0 aliphatic carbocycles. The van der Waals surface area contributed by atoms with Gasteiger partial charge in [0.1, 0.15) is 5.82 Å². The highest BCUT2D eigenvalue weighted by Crippen LogP contribution is 2.28. The summed E-state index contributed by atoms with van der Waals surface area (Å²) in [6, 6.07) is 12.4. The van der Waals surface area contributed by atoms with Crippen LogP contribution in [0, 0.1) is 6.92 Å². The van der Waals surface area contributed by atoms with Gasteiger partial charge in [-0.25, -0.2) is 4.98 Å². The number of nitrogens with zero attached hydrogens (tertiary/aromatic N) is 3. The van der Waals surface area contributed by atoms with E-state index in [9.17, 15) is 0 Å². The van der Waals surface area contributed by atoms with E-state index in [0.717, 1.165) is 37.4 Å². The van der Waals surface area contributed by atoms with Crippen molar-refractivity contribution in [1.82, 2.24) is 9.97 Å². The Balaban J connectivity index is 1.67. The minimum atomic E-state index is 0.597. The zero-order valence-electron chi connectivity index (χ0n) is 11.3. The molecule has 0 N–H and O–H groups in total. The molecule has 98 valence electrons. The SMILES string of the molecule is Cc1cccc(C2CCN(c3ccccn3)CC2)n1.